The second-order valence-corrected chi connectivity index (χ2v) is 16.5. The van der Waals surface area contributed by atoms with Gasteiger partial charge in [0.15, 0.2) is 12.1 Å². The summed E-state index contributed by atoms with van der Waals surface area (Å²) in [5.41, 5.74) is -0.0955. The van der Waals surface area contributed by atoms with E-state index in [4.69, 9.17) is 23.7 Å². The van der Waals surface area contributed by atoms with Crippen molar-refractivity contribution in [1.29, 1.82) is 0 Å². The number of hydrogen-bond donors (Lipinski definition) is 1. The lowest BCUT2D eigenvalue weighted by Crippen LogP contribution is -2.59. The Bertz CT molecular complexity index is 1300. The minimum Gasteiger partial charge on any atom is -0.463 e. The first-order valence-corrected chi connectivity index (χ1v) is 19.3. The van der Waals surface area contributed by atoms with Crippen molar-refractivity contribution < 1.29 is 38.4 Å². The highest BCUT2D eigenvalue weighted by Gasteiger charge is 2.51. The first kappa shape index (κ1) is 42.6. The molecule has 296 valence electrons. The average molecular weight is 734 g/mol. The Morgan fingerprint density at radius 1 is 1.10 bits per heavy atom. The van der Waals surface area contributed by atoms with Gasteiger partial charge in [0.25, 0.3) is 0 Å². The van der Waals surface area contributed by atoms with Crippen LogP contribution in [-0.4, -0.2) is 152 Å². The number of fused-ring (bicyclic) bond motifs is 1. The molecular formula is C39H67N5O8. The van der Waals surface area contributed by atoms with E-state index in [0.717, 1.165) is 64.1 Å². The van der Waals surface area contributed by atoms with Crippen LogP contribution in [0.5, 0.6) is 0 Å². The third kappa shape index (κ3) is 10.6. The number of carbonyl (C=O) groups excluding carboxylic acids is 2. The van der Waals surface area contributed by atoms with Gasteiger partial charge in [-0.3, -0.25) is 19.4 Å². The minimum atomic E-state index is -1.45. The summed E-state index contributed by atoms with van der Waals surface area (Å²) in [6.45, 7) is 16.2. The number of carbonyl (C=O) groups is 2. The molecule has 13 heteroatoms. The van der Waals surface area contributed by atoms with Gasteiger partial charge in [-0.2, -0.15) is 0 Å². The summed E-state index contributed by atoms with van der Waals surface area (Å²) in [7, 11) is 7.21. The Balaban J connectivity index is 1.61. The van der Waals surface area contributed by atoms with E-state index in [1.807, 2.05) is 39.0 Å². The van der Waals surface area contributed by atoms with E-state index >= 15 is 0 Å². The molecule has 3 aliphatic rings. The second kappa shape index (κ2) is 19.0. The van der Waals surface area contributed by atoms with Gasteiger partial charge in [0.05, 0.1) is 17.8 Å². The maximum absolute atomic E-state index is 14.4. The number of aromatic nitrogens is 2. The second-order valence-electron chi connectivity index (χ2n) is 16.5. The largest absolute Gasteiger partial charge is 0.463 e. The van der Waals surface area contributed by atoms with Crippen LogP contribution in [0.3, 0.4) is 0 Å². The van der Waals surface area contributed by atoms with Crippen LogP contribution in [0.25, 0.3) is 0 Å². The number of nitrogens with zero attached hydrogens (tertiary/aromatic N) is 5. The van der Waals surface area contributed by atoms with Gasteiger partial charge >= 0.3 is 5.97 Å². The molecule has 13 nitrogen and oxygen atoms in total. The topological polar surface area (TPSA) is 136 Å². The number of likely N-dealkylation sites (N-methyl/N-ethyl adjacent to an activating group) is 1. The minimum absolute atomic E-state index is 0.0520. The first-order valence-electron chi connectivity index (χ1n) is 19.3. The van der Waals surface area contributed by atoms with Crippen LogP contribution in [0.15, 0.2) is 12.5 Å². The van der Waals surface area contributed by atoms with Crippen LogP contribution >= 0.6 is 0 Å². The van der Waals surface area contributed by atoms with Crippen molar-refractivity contribution in [3.8, 4) is 0 Å². The number of cyclic esters (lactones) is 1. The van der Waals surface area contributed by atoms with Gasteiger partial charge in [0.2, 0.25) is 0 Å². The number of esters is 1. The fraction of sp³-hybridized carbons (Fsp3) is 0.846. The Kier molecular flexibility index (Phi) is 15.6. The summed E-state index contributed by atoms with van der Waals surface area (Å²) in [5, 5.41) is 11.4. The predicted octanol–water partition coefficient (Wildman–Crippen LogP) is 3.35. The Labute approximate surface area is 312 Å². The standard InChI is InChI=1S/C39H67N5O8/c1-26-20-39(6,49-10)35(52-36-33(45)32(42(7)8)19-27(2)51-36)28(3)34(46)38(4,5)37(47)50-24-30(44(22-26)16-12-18-48-9)13-11-15-43-17-14-31-29(23-43)21-40-25-41-31/h21,25-28,30,32-33,35-36,45H,11-20,22-24H2,1-10H3/t26-,27-,28+,30-,32+,33-,35-,36?,39-/m1/s1. The molecule has 1 aromatic heterocycles. The number of methoxy groups -OCH3 is 2. The molecule has 0 bridgehead atoms. The average Bonchev–Trinajstić information content (AvgIpc) is 3.11. The molecule has 9 atom stereocenters. The maximum atomic E-state index is 14.4. The first-order chi connectivity index (χ1) is 24.6. The van der Waals surface area contributed by atoms with Crippen LogP contribution in [0.1, 0.15) is 84.9 Å². The molecule has 0 aliphatic carbocycles. The van der Waals surface area contributed by atoms with Crippen LogP contribution < -0.4 is 0 Å². The molecule has 1 N–H and O–H groups in total. The molecule has 52 heavy (non-hydrogen) atoms. The van der Waals surface area contributed by atoms with Crippen molar-refractivity contribution in [2.45, 2.75) is 129 Å². The normalized spacial score (nSPS) is 34.2. The molecule has 1 unspecified atom stereocenters. The van der Waals surface area contributed by atoms with Crippen molar-refractivity contribution in [3.63, 3.8) is 0 Å². The van der Waals surface area contributed by atoms with Gasteiger partial charge < -0.3 is 33.7 Å². The van der Waals surface area contributed by atoms with Crippen molar-refractivity contribution in [3.05, 3.63) is 23.8 Å². The van der Waals surface area contributed by atoms with E-state index in [-0.39, 0.29) is 36.5 Å². The van der Waals surface area contributed by atoms with Gasteiger partial charge in [-0.05, 0) is 86.4 Å². The highest BCUT2D eigenvalue weighted by Crippen LogP contribution is 2.38. The summed E-state index contributed by atoms with van der Waals surface area (Å²) in [6, 6.07) is -0.241. The molecule has 3 aliphatic heterocycles. The summed E-state index contributed by atoms with van der Waals surface area (Å²) >= 11 is 0. The van der Waals surface area contributed by atoms with E-state index in [2.05, 4.69) is 26.7 Å². The highest BCUT2D eigenvalue weighted by molar-refractivity contribution is 6.04. The zero-order chi connectivity index (χ0) is 38.2. The number of ketones is 1. The maximum Gasteiger partial charge on any atom is 0.319 e. The molecule has 4 heterocycles. The molecule has 0 amide bonds. The molecule has 2 fully saturated rings. The van der Waals surface area contributed by atoms with Gasteiger partial charge in [0, 0.05) is 88.9 Å². The molecule has 1 aromatic rings. The summed E-state index contributed by atoms with van der Waals surface area (Å²) < 4.78 is 30.8. The summed E-state index contributed by atoms with van der Waals surface area (Å²) in [5.74, 6) is -1.53. The fourth-order valence-corrected chi connectivity index (χ4v) is 8.49. The van der Waals surface area contributed by atoms with Gasteiger partial charge in [-0.25, -0.2) is 9.97 Å². The predicted molar refractivity (Wildman–Crippen MR) is 198 cm³/mol. The SMILES string of the molecule is COCCCN1C[C@H](C)C[C@@](C)(OC)[C@H](OC2O[C@H](C)C[C@H](N(C)C)[C@H]2O)[C@@H](C)C(=O)C(C)(C)C(=O)OC[C@H]1CCCN1CCc2ncncc2C1. The van der Waals surface area contributed by atoms with Crippen molar-refractivity contribution in [1.82, 2.24) is 24.7 Å². The lowest BCUT2D eigenvalue weighted by Gasteiger charge is -2.47. The number of ether oxygens (including phenoxy) is 5. The van der Waals surface area contributed by atoms with Crippen molar-refractivity contribution in [2.24, 2.45) is 17.3 Å². The van der Waals surface area contributed by atoms with E-state index in [0.29, 0.717) is 19.4 Å². The number of hydrogen-bond acceptors (Lipinski definition) is 13. The number of rotatable bonds is 12. The zero-order valence-electron chi connectivity index (χ0n) is 33.5. The lowest BCUT2D eigenvalue weighted by molar-refractivity contribution is -0.295. The van der Waals surface area contributed by atoms with Crippen LogP contribution in [-0.2, 0) is 46.2 Å². The Morgan fingerprint density at radius 3 is 2.54 bits per heavy atom. The van der Waals surface area contributed by atoms with Gasteiger partial charge in [0.1, 0.15) is 24.5 Å². The molecule has 0 saturated carbocycles. The third-order valence-electron chi connectivity index (χ3n) is 11.6. The van der Waals surface area contributed by atoms with Gasteiger partial charge in [-0.1, -0.05) is 13.8 Å². The number of aliphatic hydroxyl groups excluding tert-OH is 1. The molecule has 0 spiro atoms. The zero-order valence-corrected chi connectivity index (χ0v) is 33.5. The van der Waals surface area contributed by atoms with E-state index in [9.17, 15) is 14.7 Å². The number of aliphatic hydroxyl groups is 1. The molecule has 2 saturated heterocycles. The van der Waals surface area contributed by atoms with E-state index in [1.165, 1.54) is 5.56 Å². The molecule has 4 rings (SSSR count). The van der Waals surface area contributed by atoms with Crippen molar-refractivity contribution >= 4 is 11.8 Å². The van der Waals surface area contributed by atoms with Gasteiger partial charge in [-0.15, -0.1) is 0 Å². The van der Waals surface area contributed by atoms with E-state index < -0.39 is 41.4 Å². The molecule has 0 aromatic carbocycles. The third-order valence-corrected chi connectivity index (χ3v) is 11.6. The van der Waals surface area contributed by atoms with Crippen LogP contribution in [0.4, 0.5) is 0 Å². The lowest BCUT2D eigenvalue weighted by atomic mass is 9.74. The van der Waals surface area contributed by atoms with E-state index in [1.54, 1.807) is 41.3 Å². The van der Waals surface area contributed by atoms with Crippen LogP contribution in [0.2, 0.25) is 0 Å². The monoisotopic (exact) mass is 733 g/mol. The smallest absolute Gasteiger partial charge is 0.319 e. The van der Waals surface area contributed by atoms with Crippen LogP contribution in [0, 0.1) is 17.3 Å². The molecule has 0 radical (unpaired) electrons. The van der Waals surface area contributed by atoms with Crippen molar-refractivity contribution in [2.75, 3.05) is 67.7 Å². The fourth-order valence-electron chi connectivity index (χ4n) is 8.49. The quantitative estimate of drug-likeness (QED) is 0.191. The Hall–Kier alpha value is -2.10. The number of Topliss-reactive ketones (excluding diaryl/α,β-unsaturated/α-hetero) is 1. The molecular weight excluding hydrogens is 666 g/mol. The summed E-state index contributed by atoms with van der Waals surface area (Å²) in [6.07, 6.45) is 5.30. The highest BCUT2D eigenvalue weighted by atomic mass is 16.7. The Morgan fingerprint density at radius 2 is 1.85 bits per heavy atom. The summed E-state index contributed by atoms with van der Waals surface area (Å²) in [4.78, 5) is 43.8.